The van der Waals surface area contributed by atoms with Crippen LogP contribution in [0.2, 0.25) is 5.02 Å². The molecule has 0 fully saturated rings. The van der Waals surface area contributed by atoms with E-state index in [9.17, 15) is 17.6 Å². The lowest BCUT2D eigenvalue weighted by molar-refractivity contribution is -0.115. The molecule has 0 saturated carbocycles. The number of amides is 1. The van der Waals surface area contributed by atoms with E-state index in [-0.39, 0.29) is 28.7 Å². The molecule has 3 aromatic rings. The van der Waals surface area contributed by atoms with Crippen LogP contribution < -0.4 is 14.8 Å². The van der Waals surface area contributed by atoms with Crippen LogP contribution in [0.15, 0.2) is 71.6 Å². The summed E-state index contributed by atoms with van der Waals surface area (Å²) < 4.78 is 45.9. The molecular weight excluding hydrogens is 431 g/mol. The van der Waals surface area contributed by atoms with Gasteiger partial charge in [-0.3, -0.25) is 9.52 Å². The SMILES string of the molecule is COc1ccc(NC(=O)Cc2ccc(Cl)cc2)cc1NS(=O)(=O)c1ccc(F)cc1. The van der Waals surface area contributed by atoms with E-state index >= 15 is 0 Å². The predicted octanol–water partition coefficient (Wildman–Crippen LogP) is 4.47. The second kappa shape index (κ2) is 9.15. The minimum atomic E-state index is -3.98. The van der Waals surface area contributed by atoms with Gasteiger partial charge in [0.15, 0.2) is 0 Å². The average Bonchev–Trinajstić information content (AvgIpc) is 2.70. The molecule has 0 aliphatic rings. The number of hydrogen-bond acceptors (Lipinski definition) is 4. The first-order valence-electron chi connectivity index (χ1n) is 8.77. The van der Waals surface area contributed by atoms with Crippen molar-refractivity contribution in [2.24, 2.45) is 0 Å². The van der Waals surface area contributed by atoms with Crippen molar-refractivity contribution in [3.05, 3.63) is 83.1 Å². The predicted molar refractivity (Wildman–Crippen MR) is 114 cm³/mol. The molecule has 156 valence electrons. The smallest absolute Gasteiger partial charge is 0.262 e. The standard InChI is InChI=1S/C21H18ClFN2O4S/c1-29-20-11-8-17(24-21(26)12-14-2-4-15(22)5-3-14)13-19(20)25-30(27,28)18-9-6-16(23)7-10-18/h2-11,13,25H,12H2,1H3,(H,24,26). The van der Waals surface area contributed by atoms with Crippen LogP contribution in [0.4, 0.5) is 15.8 Å². The summed E-state index contributed by atoms with van der Waals surface area (Å²) in [6, 6.07) is 15.9. The Morgan fingerprint density at radius 3 is 2.33 bits per heavy atom. The Bertz CT molecular complexity index is 1150. The van der Waals surface area contributed by atoms with Crippen molar-refractivity contribution in [1.82, 2.24) is 0 Å². The molecular formula is C21H18ClFN2O4S. The highest BCUT2D eigenvalue weighted by Gasteiger charge is 2.17. The van der Waals surface area contributed by atoms with Crippen LogP contribution in [0.5, 0.6) is 5.75 Å². The zero-order valence-electron chi connectivity index (χ0n) is 15.9. The first-order valence-corrected chi connectivity index (χ1v) is 10.6. The van der Waals surface area contributed by atoms with Gasteiger partial charge in [-0.1, -0.05) is 23.7 Å². The van der Waals surface area contributed by atoms with Crippen LogP contribution in [0.3, 0.4) is 0 Å². The molecule has 2 N–H and O–H groups in total. The molecule has 0 aromatic heterocycles. The molecule has 0 aliphatic heterocycles. The van der Waals surface area contributed by atoms with E-state index < -0.39 is 15.8 Å². The lowest BCUT2D eigenvalue weighted by Crippen LogP contribution is -2.16. The summed E-state index contributed by atoms with van der Waals surface area (Å²) in [6.45, 7) is 0. The van der Waals surface area contributed by atoms with Crippen molar-refractivity contribution >= 4 is 38.9 Å². The third-order valence-electron chi connectivity index (χ3n) is 4.13. The van der Waals surface area contributed by atoms with E-state index in [1.54, 1.807) is 30.3 Å². The number of anilines is 2. The van der Waals surface area contributed by atoms with E-state index in [0.717, 1.165) is 29.8 Å². The van der Waals surface area contributed by atoms with Gasteiger partial charge in [0.25, 0.3) is 10.0 Å². The number of carbonyl (C=O) groups excluding carboxylic acids is 1. The fourth-order valence-corrected chi connectivity index (χ4v) is 3.86. The number of hydrogen-bond donors (Lipinski definition) is 2. The first-order chi connectivity index (χ1) is 14.3. The van der Waals surface area contributed by atoms with Gasteiger partial charge in [0.05, 0.1) is 24.1 Å². The van der Waals surface area contributed by atoms with E-state index in [2.05, 4.69) is 10.0 Å². The maximum Gasteiger partial charge on any atom is 0.262 e. The Labute approximate surface area is 178 Å². The molecule has 6 nitrogen and oxygen atoms in total. The fourth-order valence-electron chi connectivity index (χ4n) is 2.68. The van der Waals surface area contributed by atoms with Crippen LogP contribution in [-0.2, 0) is 21.2 Å². The quantitative estimate of drug-likeness (QED) is 0.558. The second-order valence-electron chi connectivity index (χ2n) is 6.33. The zero-order valence-corrected chi connectivity index (χ0v) is 17.4. The van der Waals surface area contributed by atoms with Crippen molar-refractivity contribution in [3.8, 4) is 5.75 Å². The highest BCUT2D eigenvalue weighted by molar-refractivity contribution is 7.92. The molecule has 0 atom stereocenters. The van der Waals surface area contributed by atoms with Gasteiger partial charge in [0, 0.05) is 10.7 Å². The third-order valence-corrected chi connectivity index (χ3v) is 5.76. The number of carbonyl (C=O) groups is 1. The van der Waals surface area contributed by atoms with Gasteiger partial charge < -0.3 is 10.1 Å². The highest BCUT2D eigenvalue weighted by Crippen LogP contribution is 2.30. The van der Waals surface area contributed by atoms with E-state index in [1.807, 2.05) is 0 Å². The molecule has 0 spiro atoms. The van der Waals surface area contributed by atoms with Gasteiger partial charge in [-0.05, 0) is 60.2 Å². The van der Waals surface area contributed by atoms with Crippen molar-refractivity contribution < 1.29 is 22.3 Å². The summed E-state index contributed by atoms with van der Waals surface area (Å²) in [7, 11) is -2.59. The zero-order chi connectivity index (χ0) is 21.7. The molecule has 0 heterocycles. The van der Waals surface area contributed by atoms with E-state index in [0.29, 0.717) is 10.7 Å². The minimum Gasteiger partial charge on any atom is -0.495 e. The third kappa shape index (κ3) is 5.49. The van der Waals surface area contributed by atoms with Crippen LogP contribution in [0, 0.1) is 5.82 Å². The molecule has 3 aromatic carbocycles. The Balaban J connectivity index is 1.78. The van der Waals surface area contributed by atoms with Gasteiger partial charge in [-0.15, -0.1) is 0 Å². The molecule has 0 radical (unpaired) electrons. The Morgan fingerprint density at radius 2 is 1.70 bits per heavy atom. The van der Waals surface area contributed by atoms with Gasteiger partial charge in [0.1, 0.15) is 11.6 Å². The molecule has 1 amide bonds. The summed E-state index contributed by atoms with van der Waals surface area (Å²) in [5.41, 5.74) is 1.29. The summed E-state index contributed by atoms with van der Waals surface area (Å²) in [5, 5.41) is 3.29. The van der Waals surface area contributed by atoms with Gasteiger partial charge >= 0.3 is 0 Å². The van der Waals surface area contributed by atoms with E-state index in [4.69, 9.17) is 16.3 Å². The number of halogens is 2. The number of nitrogens with one attached hydrogen (secondary N) is 2. The summed E-state index contributed by atoms with van der Waals surface area (Å²) in [5.74, 6) is -0.567. The second-order valence-corrected chi connectivity index (χ2v) is 8.44. The fraction of sp³-hybridized carbons (Fsp3) is 0.0952. The van der Waals surface area contributed by atoms with Crippen molar-refractivity contribution in [1.29, 1.82) is 0 Å². The summed E-state index contributed by atoms with van der Waals surface area (Å²) in [4.78, 5) is 12.2. The lowest BCUT2D eigenvalue weighted by atomic mass is 10.1. The average molecular weight is 449 g/mol. The number of benzene rings is 3. The van der Waals surface area contributed by atoms with Gasteiger partial charge in [0.2, 0.25) is 5.91 Å². The van der Waals surface area contributed by atoms with E-state index in [1.165, 1.54) is 19.2 Å². The topological polar surface area (TPSA) is 84.5 Å². The monoisotopic (exact) mass is 448 g/mol. The Hall–Kier alpha value is -3.10. The normalized spacial score (nSPS) is 11.0. The van der Waals surface area contributed by atoms with Crippen LogP contribution in [0.25, 0.3) is 0 Å². The molecule has 9 heteroatoms. The molecule has 30 heavy (non-hydrogen) atoms. The van der Waals surface area contributed by atoms with Crippen molar-refractivity contribution in [3.63, 3.8) is 0 Å². The molecule has 0 aliphatic carbocycles. The van der Waals surface area contributed by atoms with Crippen LogP contribution in [-0.4, -0.2) is 21.4 Å². The van der Waals surface area contributed by atoms with Crippen LogP contribution >= 0.6 is 11.6 Å². The first kappa shape index (κ1) is 21.6. The maximum atomic E-state index is 13.1. The van der Waals surface area contributed by atoms with Crippen molar-refractivity contribution in [2.75, 3.05) is 17.1 Å². The van der Waals surface area contributed by atoms with Crippen molar-refractivity contribution in [2.45, 2.75) is 11.3 Å². The lowest BCUT2D eigenvalue weighted by Gasteiger charge is -2.14. The number of sulfonamides is 1. The van der Waals surface area contributed by atoms with Gasteiger partial charge in [-0.25, -0.2) is 12.8 Å². The number of methoxy groups -OCH3 is 1. The number of rotatable bonds is 7. The van der Waals surface area contributed by atoms with Crippen LogP contribution in [0.1, 0.15) is 5.56 Å². The van der Waals surface area contributed by atoms with Gasteiger partial charge in [-0.2, -0.15) is 0 Å². The molecule has 0 bridgehead atoms. The largest absolute Gasteiger partial charge is 0.495 e. The number of ether oxygens (including phenoxy) is 1. The Morgan fingerprint density at radius 1 is 1.03 bits per heavy atom. The maximum absolute atomic E-state index is 13.1. The molecule has 0 saturated heterocycles. The molecule has 3 rings (SSSR count). The molecule has 0 unspecified atom stereocenters. The summed E-state index contributed by atoms with van der Waals surface area (Å²) >= 11 is 5.84. The summed E-state index contributed by atoms with van der Waals surface area (Å²) in [6.07, 6.45) is 0.125. The highest BCUT2D eigenvalue weighted by atomic mass is 35.5. The Kier molecular flexibility index (Phi) is 6.59. The minimum absolute atomic E-state index is 0.108.